The maximum Gasteiger partial charge on any atom is 0.325 e. The smallest absolute Gasteiger partial charge is 0.325 e. The van der Waals surface area contributed by atoms with Crippen LogP contribution in [-0.4, -0.2) is 48.8 Å². The molecule has 182 valence electrons. The highest BCUT2D eigenvalue weighted by atomic mass is 16.6. The molecule has 0 aromatic carbocycles. The molecule has 7 nitrogen and oxygen atoms in total. The number of nitrogens with one attached hydrogen (secondary N) is 1. The minimum Gasteiger partial charge on any atom is -0.463 e. The van der Waals surface area contributed by atoms with E-state index < -0.39 is 12.1 Å². The number of unbranched alkanes of at least 4 members (excludes halogenated alkanes) is 13. The number of hydrogen-bond donors (Lipinski definition) is 2. The molecule has 0 saturated carbocycles. The molecule has 7 heteroatoms. The van der Waals surface area contributed by atoms with Crippen LogP contribution in [0.15, 0.2) is 0 Å². The van der Waals surface area contributed by atoms with Crippen molar-refractivity contribution >= 4 is 17.8 Å². The number of carbonyl (C=O) groups excluding carboxylic acids is 3. The van der Waals surface area contributed by atoms with Gasteiger partial charge in [-0.3, -0.25) is 14.4 Å². The first-order valence-corrected chi connectivity index (χ1v) is 12.2. The van der Waals surface area contributed by atoms with Crippen LogP contribution < -0.4 is 5.32 Å². The molecule has 0 aromatic rings. The molecule has 0 bridgehead atoms. The number of esters is 2. The number of ether oxygens (including phenoxy) is 2. The van der Waals surface area contributed by atoms with Crippen molar-refractivity contribution in [2.75, 3.05) is 19.8 Å². The van der Waals surface area contributed by atoms with E-state index in [1.807, 2.05) is 0 Å². The molecule has 2 N–H and O–H groups in total. The fourth-order valence-electron chi connectivity index (χ4n) is 3.21. The van der Waals surface area contributed by atoms with Gasteiger partial charge in [0.1, 0.15) is 25.9 Å². The van der Waals surface area contributed by atoms with Crippen LogP contribution in [0.3, 0.4) is 0 Å². The fourth-order valence-corrected chi connectivity index (χ4v) is 3.21. The highest BCUT2D eigenvalue weighted by Crippen LogP contribution is 2.13. The summed E-state index contributed by atoms with van der Waals surface area (Å²) in [6.07, 6.45) is 16.9. The van der Waals surface area contributed by atoms with E-state index in [0.717, 1.165) is 19.3 Å². The van der Waals surface area contributed by atoms with Gasteiger partial charge in [0.05, 0.1) is 0 Å². The molecule has 1 atom stereocenters. The third-order valence-electron chi connectivity index (χ3n) is 5.09. The summed E-state index contributed by atoms with van der Waals surface area (Å²) in [7, 11) is 0. The SMILES string of the molecule is CCCCCCCCCCCCCCCCC(=O)OCC(O)COC(=O)CNC(C)=O. The molecule has 0 saturated heterocycles. The fraction of sp³-hybridized carbons (Fsp3) is 0.875. The molecule has 0 rings (SSSR count). The molecule has 0 radical (unpaired) electrons. The molecule has 0 spiro atoms. The number of aliphatic hydroxyl groups is 1. The first-order chi connectivity index (χ1) is 15.0. The van der Waals surface area contributed by atoms with Crippen molar-refractivity contribution in [3.05, 3.63) is 0 Å². The van der Waals surface area contributed by atoms with Crippen molar-refractivity contribution in [2.45, 2.75) is 116 Å². The summed E-state index contributed by atoms with van der Waals surface area (Å²) in [6, 6.07) is 0. The Morgan fingerprint density at radius 2 is 1.13 bits per heavy atom. The van der Waals surface area contributed by atoms with Crippen LogP contribution in [-0.2, 0) is 23.9 Å². The van der Waals surface area contributed by atoms with Crippen molar-refractivity contribution in [1.82, 2.24) is 5.32 Å². The average molecular weight is 444 g/mol. The summed E-state index contributed by atoms with van der Waals surface area (Å²) in [6.45, 7) is 2.82. The van der Waals surface area contributed by atoms with E-state index in [2.05, 4.69) is 12.2 Å². The summed E-state index contributed by atoms with van der Waals surface area (Å²) < 4.78 is 9.78. The van der Waals surface area contributed by atoms with Crippen LogP contribution in [0.25, 0.3) is 0 Å². The minimum atomic E-state index is -1.07. The van der Waals surface area contributed by atoms with Crippen molar-refractivity contribution in [3.63, 3.8) is 0 Å². The lowest BCUT2D eigenvalue weighted by Gasteiger charge is -2.12. The topological polar surface area (TPSA) is 102 Å². The third kappa shape index (κ3) is 22.9. The van der Waals surface area contributed by atoms with Crippen LogP contribution in [0.4, 0.5) is 0 Å². The summed E-state index contributed by atoms with van der Waals surface area (Å²) in [5.74, 6) is -1.33. The molecule has 0 heterocycles. The first-order valence-electron chi connectivity index (χ1n) is 12.2. The second-order valence-corrected chi connectivity index (χ2v) is 8.28. The van der Waals surface area contributed by atoms with Gasteiger partial charge in [0.2, 0.25) is 5.91 Å². The maximum atomic E-state index is 11.7. The molecular weight excluding hydrogens is 398 g/mol. The Labute approximate surface area is 188 Å². The number of amides is 1. The van der Waals surface area contributed by atoms with Crippen molar-refractivity contribution in [2.24, 2.45) is 0 Å². The quantitative estimate of drug-likeness (QED) is 0.201. The Kier molecular flexibility index (Phi) is 20.5. The van der Waals surface area contributed by atoms with Crippen LogP contribution in [0.5, 0.6) is 0 Å². The molecule has 0 aliphatic carbocycles. The van der Waals surface area contributed by atoms with E-state index in [-0.39, 0.29) is 31.6 Å². The molecule has 1 unspecified atom stereocenters. The van der Waals surface area contributed by atoms with Crippen LogP contribution in [0, 0.1) is 0 Å². The van der Waals surface area contributed by atoms with Gasteiger partial charge >= 0.3 is 11.9 Å². The normalized spacial score (nSPS) is 11.7. The third-order valence-corrected chi connectivity index (χ3v) is 5.09. The van der Waals surface area contributed by atoms with Crippen molar-refractivity contribution in [1.29, 1.82) is 0 Å². The zero-order valence-electron chi connectivity index (χ0n) is 19.8. The molecule has 1 amide bonds. The Hall–Kier alpha value is -1.63. The Bertz CT molecular complexity index is 469. The van der Waals surface area contributed by atoms with Crippen LogP contribution >= 0.6 is 0 Å². The van der Waals surface area contributed by atoms with E-state index in [1.54, 1.807) is 0 Å². The summed E-state index contributed by atoms with van der Waals surface area (Å²) in [4.78, 5) is 33.7. The lowest BCUT2D eigenvalue weighted by atomic mass is 10.0. The number of aliphatic hydroxyl groups excluding tert-OH is 1. The minimum absolute atomic E-state index is 0.204. The van der Waals surface area contributed by atoms with Gasteiger partial charge in [-0.2, -0.15) is 0 Å². The molecule has 0 aliphatic heterocycles. The standard InChI is InChI=1S/C24H45NO6/c1-3-4-5-6-7-8-9-10-11-12-13-14-15-16-17-23(28)30-19-22(27)20-31-24(29)18-25-21(2)26/h22,27H,3-20H2,1-2H3,(H,25,26). The van der Waals surface area contributed by atoms with Gasteiger partial charge in [-0.15, -0.1) is 0 Å². The van der Waals surface area contributed by atoms with Gasteiger partial charge in [0.25, 0.3) is 0 Å². The Balaban J connectivity index is 3.39. The monoisotopic (exact) mass is 443 g/mol. The summed E-state index contributed by atoms with van der Waals surface area (Å²) in [5, 5.41) is 12.0. The summed E-state index contributed by atoms with van der Waals surface area (Å²) in [5.41, 5.74) is 0. The molecule has 0 fully saturated rings. The van der Waals surface area contributed by atoms with Gasteiger partial charge in [-0.1, -0.05) is 90.4 Å². The van der Waals surface area contributed by atoms with Gasteiger partial charge in [0.15, 0.2) is 0 Å². The first kappa shape index (κ1) is 29.4. The van der Waals surface area contributed by atoms with Gasteiger partial charge < -0.3 is 19.9 Å². The number of carbonyl (C=O) groups is 3. The van der Waals surface area contributed by atoms with Gasteiger partial charge in [-0.25, -0.2) is 0 Å². The predicted octanol–water partition coefficient (Wildman–Crippen LogP) is 4.44. The van der Waals surface area contributed by atoms with E-state index in [1.165, 1.54) is 77.6 Å². The Morgan fingerprint density at radius 1 is 0.710 bits per heavy atom. The van der Waals surface area contributed by atoms with E-state index in [0.29, 0.717) is 6.42 Å². The zero-order valence-corrected chi connectivity index (χ0v) is 19.8. The molecule has 0 aliphatic rings. The number of hydrogen-bond acceptors (Lipinski definition) is 6. The second kappa shape index (κ2) is 21.6. The maximum absolute atomic E-state index is 11.7. The van der Waals surface area contributed by atoms with Gasteiger partial charge in [-0.05, 0) is 6.42 Å². The van der Waals surface area contributed by atoms with Crippen LogP contribution in [0.2, 0.25) is 0 Å². The lowest BCUT2D eigenvalue weighted by Crippen LogP contribution is -2.31. The number of rotatable bonds is 21. The van der Waals surface area contributed by atoms with E-state index in [9.17, 15) is 19.5 Å². The van der Waals surface area contributed by atoms with Crippen molar-refractivity contribution in [3.8, 4) is 0 Å². The predicted molar refractivity (Wildman–Crippen MR) is 122 cm³/mol. The average Bonchev–Trinajstić information content (AvgIpc) is 2.75. The lowest BCUT2D eigenvalue weighted by molar-refractivity contribution is -0.152. The molecular formula is C24H45NO6. The Morgan fingerprint density at radius 3 is 1.58 bits per heavy atom. The zero-order chi connectivity index (χ0) is 23.2. The molecule has 0 aromatic heterocycles. The van der Waals surface area contributed by atoms with Crippen molar-refractivity contribution < 1.29 is 29.0 Å². The van der Waals surface area contributed by atoms with Gasteiger partial charge in [0, 0.05) is 13.3 Å². The van der Waals surface area contributed by atoms with Crippen LogP contribution in [0.1, 0.15) is 110 Å². The second-order valence-electron chi connectivity index (χ2n) is 8.28. The largest absolute Gasteiger partial charge is 0.463 e. The van der Waals surface area contributed by atoms with E-state index in [4.69, 9.17) is 9.47 Å². The van der Waals surface area contributed by atoms with E-state index >= 15 is 0 Å². The summed E-state index contributed by atoms with van der Waals surface area (Å²) >= 11 is 0. The highest BCUT2D eigenvalue weighted by Gasteiger charge is 2.12. The molecule has 31 heavy (non-hydrogen) atoms. The highest BCUT2D eigenvalue weighted by molar-refractivity contribution is 5.80.